The Morgan fingerprint density at radius 2 is 2.25 bits per heavy atom. The van der Waals surface area contributed by atoms with Crippen molar-refractivity contribution in [2.45, 2.75) is 13.0 Å². The molecule has 1 aliphatic heterocycles. The van der Waals surface area contributed by atoms with Crippen LogP contribution in [0.2, 0.25) is 0 Å². The van der Waals surface area contributed by atoms with Gasteiger partial charge in [-0.05, 0) is 6.92 Å². The van der Waals surface area contributed by atoms with Gasteiger partial charge in [0.25, 0.3) is 0 Å². The summed E-state index contributed by atoms with van der Waals surface area (Å²) in [7, 11) is 4.04. The molecule has 1 unspecified atom stereocenters. The first-order valence-corrected chi connectivity index (χ1v) is 2.74. The molecule has 2 heteroatoms. The molecule has 0 radical (unpaired) electrons. The first-order valence-electron chi connectivity index (χ1n) is 2.74. The summed E-state index contributed by atoms with van der Waals surface area (Å²) < 4.78 is 5.00. The molecule has 0 saturated heterocycles. The van der Waals surface area contributed by atoms with Crippen LogP contribution < -0.4 is 0 Å². The summed E-state index contributed by atoms with van der Waals surface area (Å²) in [5.74, 6) is 0. The molecule has 1 atom stereocenters. The number of hydrogen-bond acceptors (Lipinski definition) is 2. The Morgan fingerprint density at radius 3 is 2.25 bits per heavy atom. The number of ether oxygens (including phenoxy) is 1. The van der Waals surface area contributed by atoms with E-state index in [1.807, 2.05) is 21.0 Å². The normalized spacial score (nSPS) is 25.4. The minimum absolute atomic E-state index is 0.310. The van der Waals surface area contributed by atoms with Crippen molar-refractivity contribution in [1.29, 1.82) is 0 Å². The Hall–Kier alpha value is -0.660. The molecule has 0 aromatic carbocycles. The van der Waals surface area contributed by atoms with E-state index in [4.69, 9.17) is 4.74 Å². The molecule has 0 amide bonds. The lowest BCUT2D eigenvalue weighted by Crippen LogP contribution is -2.29. The van der Waals surface area contributed by atoms with Crippen molar-refractivity contribution >= 4 is 0 Å². The van der Waals surface area contributed by atoms with E-state index in [0.29, 0.717) is 6.10 Å². The monoisotopic (exact) mass is 113 g/mol. The van der Waals surface area contributed by atoms with Crippen LogP contribution in [-0.4, -0.2) is 25.1 Å². The molecule has 46 valence electrons. The quantitative estimate of drug-likeness (QED) is 0.499. The van der Waals surface area contributed by atoms with Gasteiger partial charge in [-0.2, -0.15) is 0 Å². The van der Waals surface area contributed by atoms with Crippen molar-refractivity contribution in [3.63, 3.8) is 0 Å². The molecule has 0 saturated carbocycles. The largest absolute Gasteiger partial charge is 0.490 e. The van der Waals surface area contributed by atoms with Gasteiger partial charge in [-0.25, -0.2) is 0 Å². The summed E-state index contributed by atoms with van der Waals surface area (Å²) in [5.41, 5.74) is 1.27. The topological polar surface area (TPSA) is 12.5 Å². The zero-order valence-corrected chi connectivity index (χ0v) is 5.51. The SMILES string of the molecule is CC1OC=C1N(C)C. The second-order valence-electron chi connectivity index (χ2n) is 2.22. The van der Waals surface area contributed by atoms with E-state index < -0.39 is 0 Å². The van der Waals surface area contributed by atoms with Crippen molar-refractivity contribution in [1.82, 2.24) is 4.90 Å². The summed E-state index contributed by atoms with van der Waals surface area (Å²) in [6, 6.07) is 0. The van der Waals surface area contributed by atoms with Gasteiger partial charge in [-0.1, -0.05) is 0 Å². The minimum Gasteiger partial charge on any atom is -0.490 e. The van der Waals surface area contributed by atoms with Crippen LogP contribution in [0, 0.1) is 0 Å². The van der Waals surface area contributed by atoms with Crippen molar-refractivity contribution in [2.75, 3.05) is 14.1 Å². The van der Waals surface area contributed by atoms with E-state index in [1.165, 1.54) is 5.70 Å². The Morgan fingerprint density at radius 1 is 1.62 bits per heavy atom. The summed E-state index contributed by atoms with van der Waals surface area (Å²) in [6.07, 6.45) is 2.09. The fraction of sp³-hybridized carbons (Fsp3) is 0.667. The molecule has 1 rings (SSSR count). The third-order valence-corrected chi connectivity index (χ3v) is 1.33. The highest BCUT2D eigenvalue weighted by Crippen LogP contribution is 2.18. The highest BCUT2D eigenvalue weighted by Gasteiger charge is 2.18. The molecule has 0 fully saturated rings. The molecular weight excluding hydrogens is 102 g/mol. The van der Waals surface area contributed by atoms with E-state index in [-0.39, 0.29) is 0 Å². The van der Waals surface area contributed by atoms with Gasteiger partial charge < -0.3 is 9.64 Å². The van der Waals surface area contributed by atoms with Crippen LogP contribution in [0.25, 0.3) is 0 Å². The van der Waals surface area contributed by atoms with Gasteiger partial charge >= 0.3 is 0 Å². The molecule has 1 heterocycles. The van der Waals surface area contributed by atoms with Crippen molar-refractivity contribution < 1.29 is 4.74 Å². The second-order valence-corrected chi connectivity index (χ2v) is 2.22. The van der Waals surface area contributed by atoms with Gasteiger partial charge in [0.15, 0.2) is 0 Å². The van der Waals surface area contributed by atoms with Crippen LogP contribution in [0.15, 0.2) is 12.0 Å². The van der Waals surface area contributed by atoms with Crippen molar-refractivity contribution in [3.05, 3.63) is 12.0 Å². The van der Waals surface area contributed by atoms with Crippen LogP contribution >= 0.6 is 0 Å². The number of hydrogen-bond donors (Lipinski definition) is 0. The number of nitrogens with zero attached hydrogens (tertiary/aromatic N) is 1. The first kappa shape index (κ1) is 5.48. The van der Waals surface area contributed by atoms with Crippen molar-refractivity contribution in [3.8, 4) is 0 Å². The smallest absolute Gasteiger partial charge is 0.138 e. The van der Waals surface area contributed by atoms with Gasteiger partial charge in [0.05, 0.1) is 5.70 Å². The maximum absolute atomic E-state index is 5.00. The van der Waals surface area contributed by atoms with Gasteiger partial charge in [0, 0.05) is 14.1 Å². The third-order valence-electron chi connectivity index (χ3n) is 1.33. The average Bonchev–Trinajstić information content (AvgIpc) is 1.61. The Kier molecular flexibility index (Phi) is 1.16. The van der Waals surface area contributed by atoms with Gasteiger partial charge in [0.2, 0.25) is 0 Å². The zero-order chi connectivity index (χ0) is 6.15. The molecular formula is C6H11NO. The summed E-state index contributed by atoms with van der Waals surface area (Å²) >= 11 is 0. The lowest BCUT2D eigenvalue weighted by Gasteiger charge is -2.29. The summed E-state index contributed by atoms with van der Waals surface area (Å²) in [6.45, 7) is 2.04. The summed E-state index contributed by atoms with van der Waals surface area (Å²) in [4.78, 5) is 2.06. The van der Waals surface area contributed by atoms with Gasteiger partial charge in [-0.3, -0.25) is 0 Å². The van der Waals surface area contributed by atoms with Gasteiger partial charge in [-0.15, -0.1) is 0 Å². The predicted molar refractivity (Wildman–Crippen MR) is 32.3 cm³/mol. The van der Waals surface area contributed by atoms with Crippen LogP contribution in [0.5, 0.6) is 0 Å². The number of likely N-dealkylation sites (N-methyl/N-ethyl adjacent to an activating group) is 1. The van der Waals surface area contributed by atoms with Crippen LogP contribution in [-0.2, 0) is 4.74 Å². The molecule has 0 aliphatic carbocycles. The Labute approximate surface area is 49.7 Å². The fourth-order valence-electron chi connectivity index (χ4n) is 0.734. The number of rotatable bonds is 1. The molecule has 2 nitrogen and oxygen atoms in total. The fourth-order valence-corrected chi connectivity index (χ4v) is 0.734. The summed E-state index contributed by atoms with van der Waals surface area (Å²) in [5, 5.41) is 0. The van der Waals surface area contributed by atoms with Crippen molar-refractivity contribution in [2.24, 2.45) is 0 Å². The first-order chi connectivity index (χ1) is 3.72. The molecule has 0 N–H and O–H groups in total. The van der Waals surface area contributed by atoms with E-state index >= 15 is 0 Å². The molecule has 0 aromatic heterocycles. The molecule has 0 aromatic rings. The molecule has 8 heavy (non-hydrogen) atoms. The van der Waals surface area contributed by atoms with E-state index in [0.717, 1.165) is 0 Å². The molecule has 1 aliphatic rings. The standard InChI is InChI=1S/C6H11NO/c1-5-6(4-8-5)7(2)3/h4-5H,1-3H3. The lowest BCUT2D eigenvalue weighted by atomic mass is 10.2. The second kappa shape index (κ2) is 1.69. The molecule has 0 spiro atoms. The average molecular weight is 113 g/mol. The molecule has 0 bridgehead atoms. The van der Waals surface area contributed by atoms with E-state index in [1.54, 1.807) is 6.26 Å². The van der Waals surface area contributed by atoms with Crippen LogP contribution in [0.1, 0.15) is 6.92 Å². The Bertz CT molecular complexity index is 118. The van der Waals surface area contributed by atoms with Gasteiger partial charge in [0.1, 0.15) is 12.4 Å². The van der Waals surface area contributed by atoms with E-state index in [9.17, 15) is 0 Å². The van der Waals surface area contributed by atoms with Crippen LogP contribution in [0.4, 0.5) is 0 Å². The highest BCUT2D eigenvalue weighted by atomic mass is 16.5. The Balaban J connectivity index is 2.49. The van der Waals surface area contributed by atoms with Crippen LogP contribution in [0.3, 0.4) is 0 Å². The lowest BCUT2D eigenvalue weighted by molar-refractivity contribution is 0.101. The maximum atomic E-state index is 5.00. The zero-order valence-electron chi connectivity index (χ0n) is 5.51. The highest BCUT2D eigenvalue weighted by molar-refractivity contribution is 5.09. The maximum Gasteiger partial charge on any atom is 0.138 e. The third kappa shape index (κ3) is 0.661. The minimum atomic E-state index is 0.310. The predicted octanol–water partition coefficient (Wildman–Crippen LogP) is 0.808. The van der Waals surface area contributed by atoms with E-state index in [2.05, 4.69) is 4.90 Å².